The van der Waals surface area contributed by atoms with E-state index in [0.717, 1.165) is 16.0 Å². The van der Waals surface area contributed by atoms with E-state index in [9.17, 15) is 14.4 Å². The second kappa shape index (κ2) is 10.2. The van der Waals surface area contributed by atoms with Crippen LogP contribution in [-0.4, -0.2) is 24.3 Å². The topological polar surface area (TPSA) is 96.5 Å². The third-order valence-electron chi connectivity index (χ3n) is 4.04. The number of amides is 3. The first kappa shape index (κ1) is 21.1. The maximum atomic E-state index is 12.2. The van der Waals surface area contributed by atoms with Gasteiger partial charge in [-0.1, -0.05) is 48.5 Å². The van der Waals surface area contributed by atoms with Crippen molar-refractivity contribution in [3.63, 3.8) is 0 Å². The first-order valence-electron chi connectivity index (χ1n) is 9.22. The predicted octanol–water partition coefficient (Wildman–Crippen LogP) is 2.89. The summed E-state index contributed by atoms with van der Waals surface area (Å²) in [6.07, 6.45) is 0. The quantitative estimate of drug-likeness (QED) is 0.509. The Labute approximate surface area is 178 Å². The van der Waals surface area contributed by atoms with Crippen LogP contribution in [0.3, 0.4) is 0 Å². The second-order valence-electron chi connectivity index (χ2n) is 6.33. The van der Waals surface area contributed by atoms with Gasteiger partial charge >= 0.3 is 0 Å². The molecule has 0 aliphatic rings. The minimum Gasteiger partial charge on any atom is -0.483 e. The van der Waals surface area contributed by atoms with Gasteiger partial charge in [-0.3, -0.25) is 25.2 Å². The second-order valence-corrected chi connectivity index (χ2v) is 7.50. The lowest BCUT2D eigenvalue weighted by atomic mass is 10.1. The van der Waals surface area contributed by atoms with Crippen molar-refractivity contribution in [3.05, 3.63) is 76.5 Å². The fourth-order valence-electron chi connectivity index (χ4n) is 2.62. The van der Waals surface area contributed by atoms with Gasteiger partial charge in [0.1, 0.15) is 5.75 Å². The highest BCUT2D eigenvalue weighted by molar-refractivity contribution is 7.14. The molecule has 0 atom stereocenters. The number of rotatable bonds is 7. The third-order valence-corrected chi connectivity index (χ3v) is 5.13. The number of hydrogen-bond acceptors (Lipinski definition) is 5. The number of carbonyl (C=O) groups excluding carboxylic acids is 3. The summed E-state index contributed by atoms with van der Waals surface area (Å²) >= 11 is 1.24. The van der Waals surface area contributed by atoms with Crippen molar-refractivity contribution in [3.8, 4) is 16.9 Å². The Hall–Kier alpha value is -3.65. The summed E-state index contributed by atoms with van der Waals surface area (Å²) in [4.78, 5) is 36.5. The fourth-order valence-corrected chi connectivity index (χ4v) is 3.47. The fraction of sp³-hybridized carbons (Fsp3) is 0.136. The lowest BCUT2D eigenvalue weighted by Crippen LogP contribution is -2.43. The molecule has 0 aliphatic heterocycles. The number of benzene rings is 2. The van der Waals surface area contributed by atoms with Crippen molar-refractivity contribution in [1.29, 1.82) is 0 Å². The zero-order valence-corrected chi connectivity index (χ0v) is 17.1. The van der Waals surface area contributed by atoms with Crippen molar-refractivity contribution in [2.75, 3.05) is 6.61 Å². The van der Waals surface area contributed by atoms with Crippen LogP contribution < -0.4 is 20.9 Å². The molecule has 3 aromatic rings. The summed E-state index contributed by atoms with van der Waals surface area (Å²) in [5.74, 6) is -0.491. The molecule has 154 valence electrons. The molecule has 8 heteroatoms. The molecule has 2 aromatic carbocycles. The molecule has 0 fully saturated rings. The molecule has 7 nitrogen and oxygen atoms in total. The molecular weight excluding hydrogens is 402 g/mol. The van der Waals surface area contributed by atoms with E-state index in [2.05, 4.69) is 16.2 Å². The summed E-state index contributed by atoms with van der Waals surface area (Å²) in [6.45, 7) is 1.54. The van der Waals surface area contributed by atoms with E-state index in [1.165, 1.54) is 18.3 Å². The monoisotopic (exact) mass is 423 g/mol. The van der Waals surface area contributed by atoms with Crippen LogP contribution in [0, 0.1) is 0 Å². The molecule has 0 saturated carbocycles. The van der Waals surface area contributed by atoms with Crippen LogP contribution in [0.15, 0.2) is 66.7 Å². The number of nitrogens with one attached hydrogen (secondary N) is 3. The Morgan fingerprint density at radius 3 is 2.40 bits per heavy atom. The number of hydrazine groups is 1. The van der Waals surface area contributed by atoms with Crippen molar-refractivity contribution >= 4 is 29.1 Å². The van der Waals surface area contributed by atoms with Gasteiger partial charge in [-0.2, -0.15) is 0 Å². The lowest BCUT2D eigenvalue weighted by Gasteiger charge is -2.12. The van der Waals surface area contributed by atoms with Gasteiger partial charge in [0, 0.05) is 17.4 Å². The molecule has 1 heterocycles. The first-order chi connectivity index (χ1) is 14.5. The van der Waals surface area contributed by atoms with Gasteiger partial charge in [-0.15, -0.1) is 11.3 Å². The highest BCUT2D eigenvalue weighted by atomic mass is 32.1. The van der Waals surface area contributed by atoms with Crippen molar-refractivity contribution in [2.45, 2.75) is 13.5 Å². The van der Waals surface area contributed by atoms with Gasteiger partial charge in [-0.05, 0) is 23.8 Å². The highest BCUT2D eigenvalue weighted by Crippen LogP contribution is 2.29. The SMILES string of the molecule is CC(=O)NCc1ccc(C(=O)NNC(=O)COc2ccccc2-c2ccccc2)s1. The van der Waals surface area contributed by atoms with Gasteiger partial charge in [0.15, 0.2) is 6.61 Å². The third kappa shape index (κ3) is 5.92. The number of hydrogen-bond donors (Lipinski definition) is 3. The molecule has 0 unspecified atom stereocenters. The number of thiophene rings is 1. The summed E-state index contributed by atoms with van der Waals surface area (Å²) in [7, 11) is 0. The molecule has 30 heavy (non-hydrogen) atoms. The molecule has 3 amide bonds. The van der Waals surface area contributed by atoms with Crippen molar-refractivity contribution in [2.24, 2.45) is 0 Å². The lowest BCUT2D eigenvalue weighted by molar-refractivity contribution is -0.124. The highest BCUT2D eigenvalue weighted by Gasteiger charge is 2.12. The van der Waals surface area contributed by atoms with E-state index < -0.39 is 11.8 Å². The Kier molecular flexibility index (Phi) is 7.18. The van der Waals surface area contributed by atoms with Gasteiger partial charge in [-0.25, -0.2) is 0 Å². The Bertz CT molecular complexity index is 1030. The number of para-hydroxylation sites is 1. The molecule has 0 bridgehead atoms. The van der Waals surface area contributed by atoms with Crippen LogP contribution in [0.5, 0.6) is 5.75 Å². The summed E-state index contributed by atoms with van der Waals surface area (Å²) < 4.78 is 5.65. The Morgan fingerprint density at radius 1 is 0.900 bits per heavy atom. The van der Waals surface area contributed by atoms with E-state index in [0.29, 0.717) is 17.2 Å². The summed E-state index contributed by atoms with van der Waals surface area (Å²) in [6, 6.07) is 20.5. The largest absolute Gasteiger partial charge is 0.483 e. The van der Waals surface area contributed by atoms with Crippen LogP contribution in [0.4, 0.5) is 0 Å². The zero-order chi connectivity index (χ0) is 21.3. The minimum absolute atomic E-state index is 0.143. The summed E-state index contributed by atoms with van der Waals surface area (Å²) in [5.41, 5.74) is 6.56. The van der Waals surface area contributed by atoms with E-state index in [1.807, 2.05) is 48.5 Å². The molecule has 1 aromatic heterocycles. The molecule has 3 rings (SSSR count). The van der Waals surface area contributed by atoms with E-state index in [4.69, 9.17) is 4.74 Å². The smallest absolute Gasteiger partial charge is 0.279 e. The number of carbonyl (C=O) groups is 3. The van der Waals surface area contributed by atoms with Gasteiger partial charge in [0.05, 0.1) is 11.4 Å². The molecule has 0 saturated heterocycles. The normalized spacial score (nSPS) is 10.2. The van der Waals surface area contributed by atoms with Gasteiger partial charge in [0.25, 0.3) is 11.8 Å². The molecule has 0 radical (unpaired) electrons. The van der Waals surface area contributed by atoms with Crippen molar-refractivity contribution < 1.29 is 19.1 Å². The van der Waals surface area contributed by atoms with Crippen molar-refractivity contribution in [1.82, 2.24) is 16.2 Å². The van der Waals surface area contributed by atoms with Crippen LogP contribution in [0.1, 0.15) is 21.5 Å². The average Bonchev–Trinajstić information content (AvgIpc) is 3.24. The minimum atomic E-state index is -0.485. The van der Waals surface area contributed by atoms with Gasteiger partial charge < -0.3 is 10.1 Å². The standard InChI is InChI=1S/C22H21N3O4S/c1-15(26)23-13-17-11-12-20(30-17)22(28)25-24-21(27)14-29-19-10-6-5-9-18(19)16-7-3-2-4-8-16/h2-12H,13-14H2,1H3,(H,23,26)(H,24,27)(H,25,28). The Morgan fingerprint density at radius 2 is 1.63 bits per heavy atom. The number of ether oxygens (including phenoxy) is 1. The van der Waals surface area contributed by atoms with Crippen LogP contribution in [0.25, 0.3) is 11.1 Å². The van der Waals surface area contributed by atoms with Crippen LogP contribution >= 0.6 is 11.3 Å². The van der Waals surface area contributed by atoms with Gasteiger partial charge in [0.2, 0.25) is 5.91 Å². The maximum absolute atomic E-state index is 12.2. The Balaban J connectivity index is 1.50. The first-order valence-corrected chi connectivity index (χ1v) is 10.0. The maximum Gasteiger partial charge on any atom is 0.279 e. The molecule has 0 spiro atoms. The molecular formula is C22H21N3O4S. The molecule has 3 N–H and O–H groups in total. The molecule has 0 aliphatic carbocycles. The van der Waals surface area contributed by atoms with E-state index in [1.54, 1.807) is 18.2 Å². The van der Waals surface area contributed by atoms with Crippen LogP contribution in [0.2, 0.25) is 0 Å². The van der Waals surface area contributed by atoms with E-state index >= 15 is 0 Å². The van der Waals surface area contributed by atoms with Crippen LogP contribution in [-0.2, 0) is 16.1 Å². The predicted molar refractivity (Wildman–Crippen MR) is 115 cm³/mol. The van der Waals surface area contributed by atoms with E-state index in [-0.39, 0.29) is 12.5 Å². The summed E-state index contributed by atoms with van der Waals surface area (Å²) in [5, 5.41) is 2.67. The zero-order valence-electron chi connectivity index (χ0n) is 16.3. The average molecular weight is 423 g/mol.